The summed E-state index contributed by atoms with van der Waals surface area (Å²) in [6.07, 6.45) is 4.27. The molecule has 1 aliphatic rings. The average Bonchev–Trinajstić information content (AvgIpc) is 3.14. The Morgan fingerprint density at radius 2 is 1.59 bits per heavy atom. The summed E-state index contributed by atoms with van der Waals surface area (Å²) in [6, 6.07) is 4.06. The molecule has 0 unspecified atom stereocenters. The Kier molecular flexibility index (Phi) is 2.82. The second-order valence-corrected chi connectivity index (χ2v) is 6.47. The molecule has 0 spiro atoms. The highest BCUT2D eigenvalue weighted by molar-refractivity contribution is 6.05. The summed E-state index contributed by atoms with van der Waals surface area (Å²) in [4.78, 5) is 0. The monoisotopic (exact) mass is 299 g/mol. The number of aryl methyl sites for hydroxylation is 2. The van der Waals surface area contributed by atoms with Gasteiger partial charge in [-0.25, -0.2) is 0 Å². The van der Waals surface area contributed by atoms with Crippen LogP contribution in [-0.4, -0.2) is 7.11 Å². The zero-order valence-corrected chi connectivity index (χ0v) is 13.3. The van der Waals surface area contributed by atoms with Crippen molar-refractivity contribution in [2.75, 3.05) is 7.11 Å². The van der Waals surface area contributed by atoms with Crippen molar-refractivity contribution >= 4 is 21.9 Å². The molecule has 1 saturated carbocycles. The molecule has 2 heterocycles. The third-order valence-electron chi connectivity index (χ3n) is 4.86. The van der Waals surface area contributed by atoms with E-state index in [-0.39, 0.29) is 5.54 Å². The van der Waals surface area contributed by atoms with Crippen molar-refractivity contribution in [3.05, 3.63) is 29.2 Å². The lowest BCUT2D eigenvalue weighted by molar-refractivity contribution is 0.412. The lowest BCUT2D eigenvalue weighted by atomic mass is 9.85. The third kappa shape index (κ3) is 1.73. The van der Waals surface area contributed by atoms with Gasteiger partial charge in [-0.3, -0.25) is 0 Å². The summed E-state index contributed by atoms with van der Waals surface area (Å²) in [5.74, 6) is 2.46. The van der Waals surface area contributed by atoms with Gasteiger partial charge < -0.3 is 19.3 Å². The van der Waals surface area contributed by atoms with E-state index in [9.17, 15) is 0 Å². The van der Waals surface area contributed by atoms with Crippen molar-refractivity contribution in [3.63, 3.8) is 0 Å². The SMILES string of the molecule is COc1c2cc(C)oc2c(C2(N)CCCC2)c2cc(C)oc12. The summed E-state index contributed by atoms with van der Waals surface area (Å²) in [5, 5.41) is 1.98. The van der Waals surface area contributed by atoms with E-state index >= 15 is 0 Å². The fourth-order valence-electron chi connectivity index (χ4n) is 3.93. The second-order valence-electron chi connectivity index (χ2n) is 6.47. The lowest BCUT2D eigenvalue weighted by Gasteiger charge is -2.25. The van der Waals surface area contributed by atoms with Gasteiger partial charge in [0.2, 0.25) is 0 Å². The Hall–Kier alpha value is -1.94. The van der Waals surface area contributed by atoms with Crippen molar-refractivity contribution in [2.45, 2.75) is 45.1 Å². The molecule has 116 valence electrons. The zero-order valence-electron chi connectivity index (χ0n) is 13.3. The van der Waals surface area contributed by atoms with Gasteiger partial charge in [-0.1, -0.05) is 12.8 Å². The maximum absolute atomic E-state index is 6.78. The molecule has 4 rings (SSSR count). The highest BCUT2D eigenvalue weighted by Crippen LogP contribution is 2.48. The summed E-state index contributed by atoms with van der Waals surface area (Å²) in [5.41, 5.74) is 9.15. The van der Waals surface area contributed by atoms with Crippen LogP contribution in [0.4, 0.5) is 0 Å². The molecule has 0 bridgehead atoms. The first-order valence-corrected chi connectivity index (χ1v) is 7.83. The van der Waals surface area contributed by atoms with Crippen LogP contribution in [0.15, 0.2) is 21.0 Å². The zero-order chi connectivity index (χ0) is 15.5. The second kappa shape index (κ2) is 4.53. The van der Waals surface area contributed by atoms with Gasteiger partial charge in [0.05, 0.1) is 12.5 Å². The Morgan fingerprint density at radius 1 is 1.00 bits per heavy atom. The molecule has 0 saturated heterocycles. The Bertz CT molecular complexity index is 808. The summed E-state index contributed by atoms with van der Waals surface area (Å²) >= 11 is 0. The van der Waals surface area contributed by atoms with E-state index in [0.29, 0.717) is 0 Å². The van der Waals surface area contributed by atoms with E-state index in [4.69, 9.17) is 19.3 Å². The van der Waals surface area contributed by atoms with Crippen LogP contribution < -0.4 is 10.5 Å². The highest BCUT2D eigenvalue weighted by Gasteiger charge is 2.37. The first kappa shape index (κ1) is 13.7. The summed E-state index contributed by atoms with van der Waals surface area (Å²) in [6.45, 7) is 3.90. The molecule has 0 radical (unpaired) electrons. The molecule has 2 aromatic heterocycles. The van der Waals surface area contributed by atoms with E-state index in [2.05, 4.69) is 6.07 Å². The standard InChI is InChI=1S/C18H21NO3/c1-10-8-12-14(18(19)6-4-5-7-18)15-13(9-11(2)21-15)16(20-3)17(12)22-10/h8-9H,4-7,19H2,1-3H3. The minimum absolute atomic E-state index is 0.344. The molecule has 1 aliphatic carbocycles. The van der Waals surface area contributed by atoms with Crippen molar-refractivity contribution in [1.29, 1.82) is 0 Å². The van der Waals surface area contributed by atoms with Crippen molar-refractivity contribution in [2.24, 2.45) is 5.73 Å². The molecule has 2 N–H and O–H groups in total. The smallest absolute Gasteiger partial charge is 0.177 e. The molecular formula is C18H21NO3. The molecule has 3 aromatic rings. The fourth-order valence-corrected chi connectivity index (χ4v) is 3.93. The van der Waals surface area contributed by atoms with Crippen LogP contribution in [0.5, 0.6) is 5.75 Å². The number of furan rings is 2. The Morgan fingerprint density at radius 3 is 2.23 bits per heavy atom. The van der Waals surface area contributed by atoms with Gasteiger partial charge in [-0.15, -0.1) is 0 Å². The minimum Gasteiger partial charge on any atom is -0.492 e. The molecule has 1 aromatic carbocycles. The average molecular weight is 299 g/mol. The normalized spacial score (nSPS) is 17.6. The van der Waals surface area contributed by atoms with Gasteiger partial charge >= 0.3 is 0 Å². The maximum atomic E-state index is 6.78. The van der Waals surface area contributed by atoms with E-state index in [1.165, 1.54) is 0 Å². The van der Waals surface area contributed by atoms with Crippen LogP contribution in [-0.2, 0) is 5.54 Å². The van der Waals surface area contributed by atoms with Crippen LogP contribution in [0.3, 0.4) is 0 Å². The molecule has 1 fully saturated rings. The first-order valence-electron chi connectivity index (χ1n) is 7.83. The van der Waals surface area contributed by atoms with Crippen LogP contribution >= 0.6 is 0 Å². The van der Waals surface area contributed by atoms with E-state index < -0.39 is 0 Å². The molecule has 4 nitrogen and oxygen atoms in total. The number of nitrogens with two attached hydrogens (primary N) is 1. The number of methoxy groups -OCH3 is 1. The van der Waals surface area contributed by atoms with Gasteiger partial charge in [0, 0.05) is 16.5 Å². The fraction of sp³-hybridized carbons (Fsp3) is 0.444. The van der Waals surface area contributed by atoms with Gasteiger partial charge in [-0.2, -0.15) is 0 Å². The van der Waals surface area contributed by atoms with Gasteiger partial charge in [0.15, 0.2) is 11.3 Å². The molecule has 4 heteroatoms. The molecule has 0 atom stereocenters. The first-order chi connectivity index (χ1) is 10.5. The Balaban J connectivity index is 2.20. The van der Waals surface area contributed by atoms with Crippen molar-refractivity contribution in [3.8, 4) is 5.75 Å². The topological polar surface area (TPSA) is 61.5 Å². The molecule has 0 amide bonds. The van der Waals surface area contributed by atoms with Crippen LogP contribution in [0.25, 0.3) is 21.9 Å². The predicted octanol–water partition coefficient (Wildman–Crippen LogP) is 4.53. The lowest BCUT2D eigenvalue weighted by Crippen LogP contribution is -2.33. The van der Waals surface area contributed by atoms with E-state index in [1.54, 1.807) is 7.11 Å². The number of rotatable bonds is 2. The number of hydrogen-bond acceptors (Lipinski definition) is 4. The quantitative estimate of drug-likeness (QED) is 0.755. The highest BCUT2D eigenvalue weighted by atomic mass is 16.5. The Labute approximate surface area is 129 Å². The molecular weight excluding hydrogens is 278 g/mol. The van der Waals surface area contributed by atoms with E-state index in [1.807, 2.05) is 19.9 Å². The maximum Gasteiger partial charge on any atom is 0.177 e. The summed E-state index contributed by atoms with van der Waals surface area (Å²) in [7, 11) is 1.67. The van der Waals surface area contributed by atoms with Gasteiger partial charge in [0.1, 0.15) is 17.1 Å². The van der Waals surface area contributed by atoms with Crippen molar-refractivity contribution < 1.29 is 13.6 Å². The summed E-state index contributed by atoms with van der Waals surface area (Å²) < 4.78 is 17.6. The van der Waals surface area contributed by atoms with E-state index in [0.717, 1.165) is 70.5 Å². The molecule has 0 aliphatic heterocycles. The number of hydrogen-bond donors (Lipinski definition) is 1. The third-order valence-corrected chi connectivity index (χ3v) is 4.86. The van der Waals surface area contributed by atoms with Gasteiger partial charge in [-0.05, 0) is 38.8 Å². The van der Waals surface area contributed by atoms with Crippen molar-refractivity contribution in [1.82, 2.24) is 0 Å². The number of fused-ring (bicyclic) bond motifs is 2. The number of ether oxygens (including phenoxy) is 1. The van der Waals surface area contributed by atoms with Gasteiger partial charge in [0.25, 0.3) is 0 Å². The largest absolute Gasteiger partial charge is 0.492 e. The number of benzene rings is 1. The predicted molar refractivity (Wildman–Crippen MR) is 86.3 cm³/mol. The van der Waals surface area contributed by atoms with Crippen LogP contribution in [0.2, 0.25) is 0 Å². The molecule has 22 heavy (non-hydrogen) atoms. The van der Waals surface area contributed by atoms with Crippen LogP contribution in [0.1, 0.15) is 42.8 Å². The minimum atomic E-state index is -0.344. The van der Waals surface area contributed by atoms with Crippen LogP contribution in [0, 0.1) is 13.8 Å².